The molecule has 1 atom stereocenters. The minimum Gasteiger partial charge on any atom is -0.367 e. The first-order valence-corrected chi connectivity index (χ1v) is 5.85. The summed E-state index contributed by atoms with van der Waals surface area (Å²) in [4.78, 5) is 0. The van der Waals surface area contributed by atoms with E-state index in [2.05, 4.69) is 15.9 Å². The van der Waals surface area contributed by atoms with Crippen molar-refractivity contribution in [3.63, 3.8) is 0 Å². The fourth-order valence-electron chi connectivity index (χ4n) is 1.36. The van der Waals surface area contributed by atoms with E-state index >= 15 is 0 Å². The van der Waals surface area contributed by atoms with Crippen LogP contribution in [-0.4, -0.2) is 12.1 Å². The van der Waals surface area contributed by atoms with E-state index in [1.807, 2.05) is 45.0 Å². The average Bonchev–Trinajstić information content (AvgIpc) is 2.14. The number of halogens is 1. The van der Waals surface area contributed by atoms with Gasteiger partial charge >= 0.3 is 0 Å². The molecule has 0 radical (unpaired) electrons. The summed E-state index contributed by atoms with van der Waals surface area (Å²) in [6.45, 7) is 6.61. The molecule has 1 aromatic rings. The van der Waals surface area contributed by atoms with Crippen molar-refractivity contribution in [3.8, 4) is 0 Å². The Morgan fingerprint density at radius 3 is 2.20 bits per heavy atom. The topological polar surface area (TPSA) is 35.2 Å². The van der Waals surface area contributed by atoms with E-state index < -0.39 is 0 Å². The van der Waals surface area contributed by atoms with Crippen LogP contribution in [0, 0.1) is 0 Å². The van der Waals surface area contributed by atoms with Crippen LogP contribution in [0.5, 0.6) is 0 Å². The van der Waals surface area contributed by atoms with Crippen LogP contribution >= 0.6 is 15.9 Å². The average molecular weight is 272 g/mol. The molecule has 2 N–H and O–H groups in total. The predicted octanol–water partition coefficient (Wildman–Crippen LogP) is 3.26. The van der Waals surface area contributed by atoms with Gasteiger partial charge in [0.15, 0.2) is 0 Å². The molecule has 1 rings (SSSR count). The van der Waals surface area contributed by atoms with Crippen molar-refractivity contribution in [1.82, 2.24) is 0 Å². The van der Waals surface area contributed by atoms with E-state index in [4.69, 9.17) is 10.5 Å². The van der Waals surface area contributed by atoms with Gasteiger partial charge in [-0.2, -0.15) is 0 Å². The van der Waals surface area contributed by atoms with Crippen molar-refractivity contribution in [3.05, 3.63) is 34.3 Å². The molecular weight excluding hydrogens is 254 g/mol. The van der Waals surface area contributed by atoms with E-state index in [-0.39, 0.29) is 11.7 Å². The Morgan fingerprint density at radius 1 is 1.27 bits per heavy atom. The number of ether oxygens (including phenoxy) is 1. The van der Waals surface area contributed by atoms with E-state index in [9.17, 15) is 0 Å². The van der Waals surface area contributed by atoms with Gasteiger partial charge in [0.25, 0.3) is 0 Å². The van der Waals surface area contributed by atoms with Gasteiger partial charge in [-0.15, -0.1) is 0 Å². The van der Waals surface area contributed by atoms with Crippen LogP contribution < -0.4 is 5.73 Å². The van der Waals surface area contributed by atoms with Gasteiger partial charge in [0.05, 0.1) is 11.7 Å². The molecule has 0 spiro atoms. The Kier molecular flexibility index (Phi) is 4.32. The minimum atomic E-state index is -0.170. The Labute approximate surface area is 99.9 Å². The van der Waals surface area contributed by atoms with Crippen LogP contribution in [-0.2, 0) is 4.74 Å². The Hall–Kier alpha value is -0.380. The summed E-state index contributed by atoms with van der Waals surface area (Å²) in [5, 5.41) is 0. The fourth-order valence-corrected chi connectivity index (χ4v) is 1.62. The van der Waals surface area contributed by atoms with Crippen LogP contribution in [0.1, 0.15) is 32.4 Å². The van der Waals surface area contributed by atoms with Gasteiger partial charge in [0, 0.05) is 11.0 Å². The molecule has 0 saturated heterocycles. The first-order chi connectivity index (χ1) is 6.92. The molecule has 1 unspecified atom stereocenters. The number of nitrogens with two attached hydrogens (primary N) is 1. The zero-order valence-electron chi connectivity index (χ0n) is 9.46. The third-order valence-corrected chi connectivity index (χ3v) is 2.48. The van der Waals surface area contributed by atoms with Crippen molar-refractivity contribution >= 4 is 15.9 Å². The minimum absolute atomic E-state index is 0.0295. The molecule has 0 fully saturated rings. The van der Waals surface area contributed by atoms with Crippen molar-refractivity contribution in [2.75, 3.05) is 6.54 Å². The molecule has 0 heterocycles. The lowest BCUT2D eigenvalue weighted by Gasteiger charge is -2.27. The van der Waals surface area contributed by atoms with Crippen LogP contribution in [0.2, 0.25) is 0 Å². The normalized spacial score (nSPS) is 13.9. The van der Waals surface area contributed by atoms with Crippen molar-refractivity contribution < 1.29 is 4.74 Å². The van der Waals surface area contributed by atoms with E-state index in [1.165, 1.54) is 0 Å². The number of rotatable bonds is 3. The van der Waals surface area contributed by atoms with Gasteiger partial charge in [-0.25, -0.2) is 0 Å². The lowest BCUT2D eigenvalue weighted by molar-refractivity contribution is -0.0572. The summed E-state index contributed by atoms with van der Waals surface area (Å²) >= 11 is 3.41. The molecule has 0 aromatic heterocycles. The molecule has 0 aliphatic carbocycles. The van der Waals surface area contributed by atoms with E-state index in [0.717, 1.165) is 10.0 Å². The first kappa shape index (κ1) is 12.7. The summed E-state index contributed by atoms with van der Waals surface area (Å²) in [7, 11) is 0. The number of hydrogen-bond acceptors (Lipinski definition) is 2. The van der Waals surface area contributed by atoms with Crippen molar-refractivity contribution in [2.24, 2.45) is 5.73 Å². The molecule has 0 saturated carbocycles. The van der Waals surface area contributed by atoms with E-state index in [1.54, 1.807) is 0 Å². The molecule has 84 valence electrons. The molecule has 2 nitrogen and oxygen atoms in total. The highest BCUT2D eigenvalue weighted by Crippen LogP contribution is 2.24. The maximum absolute atomic E-state index is 5.87. The van der Waals surface area contributed by atoms with Crippen LogP contribution in [0.3, 0.4) is 0 Å². The van der Waals surface area contributed by atoms with Gasteiger partial charge in [0.1, 0.15) is 0 Å². The second-order valence-electron chi connectivity index (χ2n) is 4.51. The van der Waals surface area contributed by atoms with Gasteiger partial charge in [-0.1, -0.05) is 28.1 Å². The summed E-state index contributed by atoms with van der Waals surface area (Å²) in [6.07, 6.45) is -0.0295. The Bertz CT molecular complexity index is 302. The van der Waals surface area contributed by atoms with Gasteiger partial charge in [0.2, 0.25) is 0 Å². The second-order valence-corrected chi connectivity index (χ2v) is 5.42. The lowest BCUT2D eigenvalue weighted by atomic mass is 10.1. The molecule has 0 bridgehead atoms. The van der Waals surface area contributed by atoms with Gasteiger partial charge < -0.3 is 10.5 Å². The number of benzene rings is 1. The lowest BCUT2D eigenvalue weighted by Crippen LogP contribution is -2.27. The second kappa shape index (κ2) is 5.10. The third-order valence-electron chi connectivity index (χ3n) is 1.95. The zero-order valence-corrected chi connectivity index (χ0v) is 11.0. The predicted molar refractivity (Wildman–Crippen MR) is 66.8 cm³/mol. The highest BCUT2D eigenvalue weighted by Gasteiger charge is 2.18. The molecule has 0 amide bonds. The quantitative estimate of drug-likeness (QED) is 0.916. The van der Waals surface area contributed by atoms with E-state index in [0.29, 0.717) is 6.54 Å². The van der Waals surface area contributed by atoms with Gasteiger partial charge in [-0.05, 0) is 38.5 Å². The molecule has 0 aliphatic rings. The van der Waals surface area contributed by atoms with Gasteiger partial charge in [-0.3, -0.25) is 0 Å². The van der Waals surface area contributed by atoms with Crippen molar-refractivity contribution in [1.29, 1.82) is 0 Å². The molecular formula is C12H18BrNO. The zero-order chi connectivity index (χ0) is 11.5. The Morgan fingerprint density at radius 2 is 1.80 bits per heavy atom. The smallest absolute Gasteiger partial charge is 0.0954 e. The fraction of sp³-hybridized carbons (Fsp3) is 0.500. The summed E-state index contributed by atoms with van der Waals surface area (Å²) < 4.78 is 6.94. The summed E-state index contributed by atoms with van der Waals surface area (Å²) in [5.41, 5.74) is 6.66. The van der Waals surface area contributed by atoms with Crippen molar-refractivity contribution in [2.45, 2.75) is 32.5 Å². The van der Waals surface area contributed by atoms with Crippen LogP contribution in [0.15, 0.2) is 28.7 Å². The SMILES string of the molecule is CC(C)(C)OC(CN)c1ccc(Br)cc1. The van der Waals surface area contributed by atoms with Crippen LogP contribution in [0.25, 0.3) is 0 Å². The molecule has 0 aliphatic heterocycles. The Balaban J connectivity index is 2.79. The maximum Gasteiger partial charge on any atom is 0.0954 e. The first-order valence-electron chi connectivity index (χ1n) is 5.06. The monoisotopic (exact) mass is 271 g/mol. The standard InChI is InChI=1S/C12H18BrNO/c1-12(2,3)15-11(8-14)9-4-6-10(13)7-5-9/h4-7,11H,8,14H2,1-3H3. The molecule has 1 aromatic carbocycles. The third kappa shape index (κ3) is 4.33. The highest BCUT2D eigenvalue weighted by atomic mass is 79.9. The summed E-state index contributed by atoms with van der Waals surface area (Å²) in [5.74, 6) is 0. The maximum atomic E-state index is 5.87. The number of hydrogen-bond donors (Lipinski definition) is 1. The highest BCUT2D eigenvalue weighted by molar-refractivity contribution is 9.10. The largest absolute Gasteiger partial charge is 0.367 e. The van der Waals surface area contributed by atoms with Crippen LogP contribution in [0.4, 0.5) is 0 Å². The molecule has 15 heavy (non-hydrogen) atoms. The summed E-state index contributed by atoms with van der Waals surface area (Å²) in [6, 6.07) is 8.08. The molecule has 3 heteroatoms.